The average molecular weight is 263 g/mol. The highest BCUT2D eigenvalue weighted by Gasteiger charge is 2.06. The van der Waals surface area contributed by atoms with Crippen LogP contribution in [-0.4, -0.2) is 15.9 Å². The number of pyridine rings is 1. The Kier molecular flexibility index (Phi) is 2.43. The molecule has 0 aromatic carbocycles. The van der Waals surface area contributed by atoms with E-state index in [4.69, 9.17) is 0 Å². The van der Waals surface area contributed by atoms with Gasteiger partial charge in [-0.1, -0.05) is 0 Å². The Morgan fingerprint density at radius 2 is 2.36 bits per heavy atom. The molecule has 11 heavy (non-hydrogen) atoms. The lowest BCUT2D eigenvalue weighted by Crippen LogP contribution is -1.96. The van der Waals surface area contributed by atoms with Gasteiger partial charge in [0.2, 0.25) is 0 Å². The van der Waals surface area contributed by atoms with Crippen molar-refractivity contribution in [2.45, 2.75) is 6.92 Å². The number of rotatable bonds is 1. The van der Waals surface area contributed by atoms with Crippen LogP contribution in [0.15, 0.2) is 12.3 Å². The summed E-state index contributed by atoms with van der Waals surface area (Å²) in [6.45, 7) is 1.37. The molecule has 58 valence electrons. The molecule has 0 fully saturated rings. The fraction of sp³-hybridized carbons (Fsp3) is 0.143. The molecule has 1 rings (SSSR count). The first kappa shape index (κ1) is 8.45. The third-order valence-electron chi connectivity index (χ3n) is 1.17. The van der Waals surface area contributed by atoms with E-state index in [0.717, 1.165) is 3.57 Å². The number of nitrogens with zero attached hydrogens (tertiary/aromatic N) is 1. The second-order valence-corrected chi connectivity index (χ2v) is 3.32. The maximum atomic E-state index is 10.8. The monoisotopic (exact) mass is 263 g/mol. The lowest BCUT2D eigenvalue weighted by molar-refractivity contribution is 0.101. The molecule has 0 atom stereocenters. The number of aromatic hydroxyl groups is 1. The van der Waals surface area contributed by atoms with Crippen molar-refractivity contribution in [3.63, 3.8) is 0 Å². The number of hydrogen-bond donors (Lipinski definition) is 1. The summed E-state index contributed by atoms with van der Waals surface area (Å²) in [5.41, 5.74) is 0.130. The largest absolute Gasteiger partial charge is 0.506 e. The summed E-state index contributed by atoms with van der Waals surface area (Å²) in [7, 11) is 0. The Labute approximate surface area is 77.6 Å². The number of carbonyl (C=O) groups excluding carboxylic acids is 1. The molecular formula is C7H6INO2. The number of Topliss-reactive ketones (excluding diaryl/α,β-unsaturated/α-hetero) is 1. The Morgan fingerprint density at radius 1 is 1.73 bits per heavy atom. The van der Waals surface area contributed by atoms with E-state index in [1.165, 1.54) is 19.2 Å². The van der Waals surface area contributed by atoms with Crippen molar-refractivity contribution in [2.75, 3.05) is 0 Å². The average Bonchev–Trinajstić information content (AvgIpc) is 1.85. The summed E-state index contributed by atoms with van der Waals surface area (Å²) in [4.78, 5) is 14.5. The Bertz CT molecular complexity index is 298. The molecule has 1 aromatic rings. The van der Waals surface area contributed by atoms with Gasteiger partial charge >= 0.3 is 0 Å². The Balaban J connectivity index is 3.20. The lowest BCUT2D eigenvalue weighted by atomic mass is 10.2. The number of aromatic nitrogens is 1. The summed E-state index contributed by atoms with van der Waals surface area (Å²) in [5, 5.41) is 9.17. The van der Waals surface area contributed by atoms with Crippen LogP contribution in [0.3, 0.4) is 0 Å². The molecule has 3 nitrogen and oxygen atoms in total. The summed E-state index contributed by atoms with van der Waals surface area (Å²) in [6.07, 6.45) is 1.54. The van der Waals surface area contributed by atoms with Crippen LogP contribution in [-0.2, 0) is 0 Å². The smallest absolute Gasteiger partial charge is 0.181 e. The summed E-state index contributed by atoms with van der Waals surface area (Å²) >= 11 is 2.01. The van der Waals surface area contributed by atoms with Crippen LogP contribution in [0.5, 0.6) is 5.75 Å². The van der Waals surface area contributed by atoms with Crippen molar-refractivity contribution in [3.8, 4) is 5.75 Å². The van der Waals surface area contributed by atoms with Crippen LogP contribution in [0, 0.1) is 3.57 Å². The number of hydrogen-bond acceptors (Lipinski definition) is 3. The minimum Gasteiger partial charge on any atom is -0.506 e. The highest BCUT2D eigenvalue weighted by Crippen LogP contribution is 2.17. The van der Waals surface area contributed by atoms with Crippen molar-refractivity contribution in [1.82, 2.24) is 4.98 Å². The van der Waals surface area contributed by atoms with E-state index < -0.39 is 0 Å². The molecule has 1 N–H and O–H groups in total. The highest BCUT2D eigenvalue weighted by molar-refractivity contribution is 14.1. The predicted octanol–water partition coefficient (Wildman–Crippen LogP) is 1.59. The molecule has 0 aliphatic heterocycles. The molecule has 0 spiro atoms. The van der Waals surface area contributed by atoms with Crippen molar-refractivity contribution in [3.05, 3.63) is 21.5 Å². The zero-order valence-electron chi connectivity index (χ0n) is 5.84. The quantitative estimate of drug-likeness (QED) is 0.618. The van der Waals surface area contributed by atoms with Crippen molar-refractivity contribution in [2.24, 2.45) is 0 Å². The Hall–Kier alpha value is -0.650. The van der Waals surface area contributed by atoms with Gasteiger partial charge in [0.05, 0.1) is 0 Å². The summed E-state index contributed by atoms with van der Waals surface area (Å²) in [6, 6.07) is 1.50. The van der Waals surface area contributed by atoms with Crippen LogP contribution in [0.2, 0.25) is 0 Å². The van der Waals surface area contributed by atoms with Gasteiger partial charge in [0.25, 0.3) is 0 Å². The predicted molar refractivity (Wildman–Crippen MR) is 48.6 cm³/mol. The van der Waals surface area contributed by atoms with Gasteiger partial charge in [-0.2, -0.15) is 0 Å². The molecule has 4 heteroatoms. The van der Waals surface area contributed by atoms with Gasteiger partial charge < -0.3 is 5.11 Å². The van der Waals surface area contributed by atoms with Crippen molar-refractivity contribution >= 4 is 28.4 Å². The zero-order chi connectivity index (χ0) is 8.43. The fourth-order valence-corrected chi connectivity index (χ4v) is 1.13. The van der Waals surface area contributed by atoms with Gasteiger partial charge in [0.1, 0.15) is 11.4 Å². The number of ketones is 1. The van der Waals surface area contributed by atoms with Crippen molar-refractivity contribution in [1.29, 1.82) is 0 Å². The molecule has 1 heterocycles. The van der Waals surface area contributed by atoms with Crippen LogP contribution >= 0.6 is 22.6 Å². The normalized spacial score (nSPS) is 9.64. The summed E-state index contributed by atoms with van der Waals surface area (Å²) in [5.74, 6) is -0.275. The third kappa shape index (κ3) is 1.89. The van der Waals surface area contributed by atoms with Gasteiger partial charge in [-0.3, -0.25) is 4.79 Å². The molecule has 0 radical (unpaired) electrons. The molecule has 0 saturated heterocycles. The molecule has 0 unspecified atom stereocenters. The lowest BCUT2D eigenvalue weighted by Gasteiger charge is -1.97. The molecule has 1 aromatic heterocycles. The van der Waals surface area contributed by atoms with Gasteiger partial charge in [-0.15, -0.1) is 0 Å². The van der Waals surface area contributed by atoms with Crippen molar-refractivity contribution < 1.29 is 9.90 Å². The first-order chi connectivity index (χ1) is 5.11. The van der Waals surface area contributed by atoms with E-state index in [1.807, 2.05) is 22.6 Å². The van der Waals surface area contributed by atoms with Crippen LogP contribution in [0.25, 0.3) is 0 Å². The second-order valence-electron chi connectivity index (χ2n) is 2.08. The van der Waals surface area contributed by atoms with Gasteiger partial charge in [0.15, 0.2) is 5.78 Å². The maximum Gasteiger partial charge on any atom is 0.181 e. The minimum atomic E-state index is -0.223. The molecule has 0 bridgehead atoms. The number of carbonyl (C=O) groups is 1. The summed E-state index contributed by atoms with van der Waals surface area (Å²) < 4.78 is 0.810. The van der Waals surface area contributed by atoms with E-state index in [1.54, 1.807) is 0 Å². The maximum absolute atomic E-state index is 10.8. The second kappa shape index (κ2) is 3.17. The highest BCUT2D eigenvalue weighted by atomic mass is 127. The number of halogens is 1. The first-order valence-electron chi connectivity index (χ1n) is 2.96. The van der Waals surface area contributed by atoms with E-state index in [9.17, 15) is 9.90 Å². The molecule has 0 amide bonds. The molecule has 0 aliphatic carbocycles. The van der Waals surface area contributed by atoms with Crippen LogP contribution < -0.4 is 0 Å². The first-order valence-corrected chi connectivity index (χ1v) is 4.04. The van der Waals surface area contributed by atoms with Crippen LogP contribution in [0.4, 0.5) is 0 Å². The van der Waals surface area contributed by atoms with E-state index in [2.05, 4.69) is 4.98 Å². The third-order valence-corrected chi connectivity index (χ3v) is 1.76. The van der Waals surface area contributed by atoms with E-state index >= 15 is 0 Å². The zero-order valence-corrected chi connectivity index (χ0v) is 7.99. The van der Waals surface area contributed by atoms with Gasteiger partial charge in [0, 0.05) is 16.7 Å². The topological polar surface area (TPSA) is 50.2 Å². The van der Waals surface area contributed by atoms with Gasteiger partial charge in [-0.25, -0.2) is 4.98 Å². The van der Waals surface area contributed by atoms with Crippen LogP contribution in [0.1, 0.15) is 17.4 Å². The molecular weight excluding hydrogens is 257 g/mol. The van der Waals surface area contributed by atoms with E-state index in [-0.39, 0.29) is 17.2 Å². The van der Waals surface area contributed by atoms with E-state index in [0.29, 0.717) is 0 Å². The molecule has 0 saturated carbocycles. The molecule has 0 aliphatic rings. The minimum absolute atomic E-state index is 0.0515. The Morgan fingerprint density at radius 3 is 2.82 bits per heavy atom. The SMILES string of the molecule is CC(=O)c1ncc(I)cc1O. The fourth-order valence-electron chi connectivity index (χ4n) is 0.700. The standard InChI is InChI=1S/C7H6INO2/c1-4(10)7-6(11)2-5(8)3-9-7/h2-3,11H,1H3. The van der Waals surface area contributed by atoms with Gasteiger partial charge in [-0.05, 0) is 28.7 Å².